The lowest BCUT2D eigenvalue weighted by atomic mass is 10.6. The maximum Gasteiger partial charge on any atom is 0.0110 e. The Bertz CT molecular complexity index is 60.1. The minimum Gasteiger partial charge on any atom is -0.183 e. The molecule has 1 rings (SSSR count). The Balaban J connectivity index is 0. The summed E-state index contributed by atoms with van der Waals surface area (Å²) in [4.78, 5) is 0. The molecule has 0 N–H and O–H groups in total. The zero-order valence-corrected chi connectivity index (χ0v) is 11.7. The van der Waals surface area contributed by atoms with Crippen LogP contribution in [0.15, 0.2) is 0 Å². The fourth-order valence-corrected chi connectivity index (χ4v) is 1.79. The third-order valence-electron chi connectivity index (χ3n) is 0.819. The van der Waals surface area contributed by atoms with E-state index in [2.05, 4.69) is 33.4 Å². The molecule has 76 valence electrons. The molecule has 4 heteroatoms. The lowest BCUT2D eigenvalue weighted by Crippen LogP contribution is -1.59. The van der Waals surface area contributed by atoms with Crippen LogP contribution in [0.4, 0.5) is 0 Å². The van der Waals surface area contributed by atoms with Crippen molar-refractivity contribution in [3.8, 4) is 0 Å². The van der Waals surface area contributed by atoms with Gasteiger partial charge in [-0.1, -0.05) is 42.4 Å². The van der Waals surface area contributed by atoms with Gasteiger partial charge in [0, 0.05) is 22.5 Å². The molecule has 0 saturated carbocycles. The molecule has 0 aromatic rings. The van der Waals surface area contributed by atoms with E-state index in [9.17, 15) is 0 Å². The first-order valence-electron chi connectivity index (χ1n) is 4.12. The molecule has 1 unspecified atom stereocenters. The largest absolute Gasteiger partial charge is 0.183 e. The van der Waals surface area contributed by atoms with Crippen molar-refractivity contribution in [3.05, 3.63) is 0 Å². The summed E-state index contributed by atoms with van der Waals surface area (Å²) in [6.45, 7) is 6.59. The van der Waals surface area contributed by atoms with Crippen LogP contribution in [0.2, 0.25) is 0 Å². The second-order valence-corrected chi connectivity index (χ2v) is 6.47. The van der Waals surface area contributed by atoms with Crippen molar-refractivity contribution in [2.75, 3.05) is 23.5 Å². The van der Waals surface area contributed by atoms with Crippen molar-refractivity contribution >= 4 is 46.0 Å². The quantitative estimate of drug-likeness (QED) is 0.344. The average molecular weight is 245 g/mol. The maximum atomic E-state index is 3.53. The smallest absolute Gasteiger partial charge is 0.0110 e. The molecule has 1 aliphatic heterocycles. The normalized spacial score (nSPS) is 18.2. The SMILES string of the molecule is CC1CS1.CCSSCC.CS. The lowest BCUT2D eigenvalue weighted by Gasteiger charge is -1.86. The first-order valence-corrected chi connectivity index (χ1v) is 8.55. The van der Waals surface area contributed by atoms with Gasteiger partial charge < -0.3 is 0 Å². The summed E-state index contributed by atoms with van der Waals surface area (Å²) < 4.78 is 0. The minimum absolute atomic E-state index is 1.000. The predicted octanol–water partition coefficient (Wildman–Crippen LogP) is 4.08. The highest BCUT2D eigenvalue weighted by atomic mass is 33.1. The van der Waals surface area contributed by atoms with Crippen LogP contribution in [-0.2, 0) is 0 Å². The molecule has 0 radical (unpaired) electrons. The highest BCUT2D eigenvalue weighted by molar-refractivity contribution is 8.76. The third-order valence-corrected chi connectivity index (χ3v) is 4.37. The van der Waals surface area contributed by atoms with E-state index in [0.717, 1.165) is 5.25 Å². The molecular weight excluding hydrogens is 224 g/mol. The molecule has 0 spiro atoms. The number of hydrogen-bond donors (Lipinski definition) is 1. The summed E-state index contributed by atoms with van der Waals surface area (Å²) in [7, 11) is 3.85. The Morgan fingerprint density at radius 1 is 1.25 bits per heavy atom. The van der Waals surface area contributed by atoms with E-state index in [1.807, 2.05) is 33.3 Å². The van der Waals surface area contributed by atoms with Crippen LogP contribution in [0.25, 0.3) is 0 Å². The third kappa shape index (κ3) is 22.5. The molecule has 0 amide bonds. The number of hydrogen-bond acceptors (Lipinski definition) is 4. The predicted molar refractivity (Wildman–Crippen MR) is 73.1 cm³/mol. The van der Waals surface area contributed by atoms with Gasteiger partial charge >= 0.3 is 0 Å². The summed E-state index contributed by atoms with van der Waals surface area (Å²) in [5.74, 6) is 3.87. The molecule has 0 bridgehead atoms. The Hall–Kier alpha value is 1.40. The maximum absolute atomic E-state index is 3.53. The van der Waals surface area contributed by atoms with Crippen molar-refractivity contribution in [2.45, 2.75) is 26.0 Å². The highest BCUT2D eigenvalue weighted by Crippen LogP contribution is 2.28. The Labute approximate surface area is 95.2 Å². The van der Waals surface area contributed by atoms with Gasteiger partial charge in [0.25, 0.3) is 0 Å². The first-order chi connectivity index (χ1) is 5.81. The number of thioether (sulfide) groups is 1. The molecule has 1 aliphatic rings. The average Bonchev–Trinajstić information content (AvgIpc) is 2.89. The molecule has 0 nitrogen and oxygen atoms in total. The number of rotatable bonds is 3. The van der Waals surface area contributed by atoms with E-state index in [4.69, 9.17) is 0 Å². The molecule has 12 heavy (non-hydrogen) atoms. The van der Waals surface area contributed by atoms with Crippen LogP contribution in [0.3, 0.4) is 0 Å². The van der Waals surface area contributed by atoms with Crippen LogP contribution in [0, 0.1) is 0 Å². The zero-order chi connectivity index (χ0) is 9.82. The fraction of sp³-hybridized carbons (Fsp3) is 1.00. The zero-order valence-electron chi connectivity index (χ0n) is 8.37. The fourth-order valence-electron chi connectivity index (χ4n) is 0.263. The van der Waals surface area contributed by atoms with Gasteiger partial charge in [-0.15, -0.1) is 0 Å². The van der Waals surface area contributed by atoms with Gasteiger partial charge in [-0.2, -0.15) is 24.4 Å². The molecule has 1 atom stereocenters. The molecular formula is C8H20S4. The molecule has 1 fully saturated rings. The Morgan fingerprint density at radius 3 is 1.58 bits per heavy atom. The van der Waals surface area contributed by atoms with Crippen LogP contribution < -0.4 is 0 Å². The van der Waals surface area contributed by atoms with Gasteiger partial charge in [-0.05, 0) is 6.26 Å². The Morgan fingerprint density at radius 2 is 1.50 bits per heavy atom. The first kappa shape index (κ1) is 15.9. The second kappa shape index (κ2) is 14.9. The van der Waals surface area contributed by atoms with E-state index < -0.39 is 0 Å². The van der Waals surface area contributed by atoms with E-state index in [1.54, 1.807) is 6.26 Å². The van der Waals surface area contributed by atoms with E-state index >= 15 is 0 Å². The topological polar surface area (TPSA) is 0 Å². The van der Waals surface area contributed by atoms with Gasteiger partial charge in [0.1, 0.15) is 0 Å². The van der Waals surface area contributed by atoms with Gasteiger partial charge in [0.15, 0.2) is 0 Å². The van der Waals surface area contributed by atoms with E-state index in [0.29, 0.717) is 0 Å². The molecule has 0 aromatic heterocycles. The lowest BCUT2D eigenvalue weighted by molar-refractivity contribution is 1.25. The van der Waals surface area contributed by atoms with Crippen LogP contribution in [-0.4, -0.2) is 28.8 Å². The van der Waals surface area contributed by atoms with Crippen molar-refractivity contribution in [1.82, 2.24) is 0 Å². The summed E-state index contributed by atoms with van der Waals surface area (Å²) in [6.07, 6.45) is 1.69. The van der Waals surface area contributed by atoms with Gasteiger partial charge in [-0.25, -0.2) is 0 Å². The summed E-state index contributed by atoms with van der Waals surface area (Å²) in [5.41, 5.74) is 0. The van der Waals surface area contributed by atoms with E-state index in [1.165, 1.54) is 17.3 Å². The van der Waals surface area contributed by atoms with Gasteiger partial charge in [-0.3, -0.25) is 0 Å². The summed E-state index contributed by atoms with van der Waals surface area (Å²) >= 11 is 5.55. The molecule has 0 aliphatic carbocycles. The van der Waals surface area contributed by atoms with Crippen molar-refractivity contribution in [1.29, 1.82) is 0 Å². The minimum atomic E-state index is 1.000. The molecule has 0 aromatic carbocycles. The van der Waals surface area contributed by atoms with Crippen molar-refractivity contribution < 1.29 is 0 Å². The van der Waals surface area contributed by atoms with Crippen LogP contribution >= 0.6 is 46.0 Å². The second-order valence-electron chi connectivity index (χ2n) is 1.96. The standard InChI is InChI=1S/C4H10S2.C3H6S.CH4S/c1-3-5-6-4-2;1-3-2-4-3;1-2/h3-4H2,1-2H3;3H,2H2,1H3;2H,1H3. The monoisotopic (exact) mass is 244 g/mol. The van der Waals surface area contributed by atoms with Gasteiger partial charge in [0.2, 0.25) is 0 Å². The molecule has 1 saturated heterocycles. The van der Waals surface area contributed by atoms with Crippen molar-refractivity contribution in [2.24, 2.45) is 0 Å². The summed E-state index contributed by atoms with van der Waals surface area (Å²) in [6, 6.07) is 0. The molecule has 1 heterocycles. The van der Waals surface area contributed by atoms with Crippen LogP contribution in [0.5, 0.6) is 0 Å². The van der Waals surface area contributed by atoms with E-state index in [-0.39, 0.29) is 0 Å². The van der Waals surface area contributed by atoms with Crippen molar-refractivity contribution in [3.63, 3.8) is 0 Å². The van der Waals surface area contributed by atoms with Crippen LogP contribution in [0.1, 0.15) is 20.8 Å². The van der Waals surface area contributed by atoms with Gasteiger partial charge in [0.05, 0.1) is 0 Å². The highest BCUT2D eigenvalue weighted by Gasteiger charge is 2.13. The summed E-state index contributed by atoms with van der Waals surface area (Å²) in [5, 5.41) is 1.000. The Kier molecular flexibility index (Phi) is 19.7. The number of thiol groups is 1.